The number of aromatic nitrogens is 1. The van der Waals surface area contributed by atoms with E-state index in [-0.39, 0.29) is 12.0 Å². The summed E-state index contributed by atoms with van der Waals surface area (Å²) in [4.78, 5) is 20.1. The van der Waals surface area contributed by atoms with Crippen molar-refractivity contribution in [3.63, 3.8) is 0 Å². The Bertz CT molecular complexity index is 1010. The number of thiazole rings is 1. The van der Waals surface area contributed by atoms with E-state index in [1.807, 2.05) is 6.07 Å². The molecule has 4 rings (SSSR count). The molecule has 9 heteroatoms. The van der Waals surface area contributed by atoms with Gasteiger partial charge in [-0.3, -0.25) is 9.69 Å². The van der Waals surface area contributed by atoms with Crippen LogP contribution in [0.1, 0.15) is 44.6 Å². The summed E-state index contributed by atoms with van der Waals surface area (Å²) in [7, 11) is -3.46. The van der Waals surface area contributed by atoms with Crippen molar-refractivity contribution in [2.24, 2.45) is 0 Å². The van der Waals surface area contributed by atoms with Gasteiger partial charge in [-0.2, -0.15) is 4.31 Å². The molecule has 7 nitrogen and oxygen atoms in total. The van der Waals surface area contributed by atoms with Crippen LogP contribution in [0.5, 0.6) is 0 Å². The quantitative estimate of drug-likeness (QED) is 0.674. The normalized spacial score (nSPS) is 23.1. The summed E-state index contributed by atoms with van der Waals surface area (Å²) >= 11 is 1.49. The Balaban J connectivity index is 1.69. The number of carbonyl (C=O) groups excluding carboxylic acids is 1. The molecule has 2 aromatic rings. The van der Waals surface area contributed by atoms with E-state index >= 15 is 0 Å². The van der Waals surface area contributed by atoms with Crippen molar-refractivity contribution in [3.8, 4) is 0 Å². The molecule has 2 aliphatic heterocycles. The Morgan fingerprint density at radius 2 is 2.13 bits per heavy atom. The van der Waals surface area contributed by atoms with Gasteiger partial charge in [0.25, 0.3) is 0 Å². The van der Waals surface area contributed by atoms with E-state index in [0.717, 1.165) is 42.3 Å². The average molecular weight is 452 g/mol. The molecule has 2 aliphatic rings. The molecule has 164 valence electrons. The second-order valence-electron chi connectivity index (χ2n) is 8.12. The number of hydrogen-bond acceptors (Lipinski definition) is 6. The first kappa shape index (κ1) is 21.7. The Labute approximate surface area is 182 Å². The molecule has 0 saturated carbocycles. The predicted octanol–water partition coefficient (Wildman–Crippen LogP) is 3.18. The van der Waals surface area contributed by atoms with Crippen LogP contribution in [0.25, 0.3) is 10.2 Å². The van der Waals surface area contributed by atoms with Crippen LogP contribution in [0.4, 0.5) is 5.13 Å². The highest BCUT2D eigenvalue weighted by Gasteiger charge is 2.39. The summed E-state index contributed by atoms with van der Waals surface area (Å²) in [5.74, 6) is -0.189. The predicted molar refractivity (Wildman–Crippen MR) is 120 cm³/mol. The lowest BCUT2D eigenvalue weighted by Crippen LogP contribution is -2.54. The third-order valence-electron chi connectivity index (χ3n) is 5.92. The van der Waals surface area contributed by atoms with Gasteiger partial charge in [-0.05, 0) is 49.8 Å². The highest BCUT2D eigenvalue weighted by molar-refractivity contribution is 7.88. The SMILES string of the molecule is CCc1ccc2nc(N(C[C@@H]3CCCO3)C(=O)[C@@H]3CCCCN3S(C)(=O)=O)sc2c1. The van der Waals surface area contributed by atoms with Crippen LogP contribution in [0.2, 0.25) is 0 Å². The van der Waals surface area contributed by atoms with Gasteiger partial charge >= 0.3 is 0 Å². The molecular weight excluding hydrogens is 422 g/mol. The van der Waals surface area contributed by atoms with Crippen LogP contribution in [-0.4, -0.2) is 61.7 Å². The van der Waals surface area contributed by atoms with Gasteiger partial charge in [0.05, 0.1) is 29.1 Å². The van der Waals surface area contributed by atoms with Crippen LogP contribution in [-0.2, 0) is 26.0 Å². The summed E-state index contributed by atoms with van der Waals surface area (Å²) < 4.78 is 32.9. The van der Waals surface area contributed by atoms with Crippen molar-refractivity contribution in [2.75, 3.05) is 30.9 Å². The third-order valence-corrected chi connectivity index (χ3v) is 8.25. The molecule has 2 atom stereocenters. The Kier molecular flexibility index (Phi) is 6.43. The number of sulfonamides is 1. The number of piperidine rings is 1. The van der Waals surface area contributed by atoms with E-state index < -0.39 is 16.1 Å². The van der Waals surface area contributed by atoms with E-state index in [4.69, 9.17) is 9.72 Å². The molecule has 1 amide bonds. The highest BCUT2D eigenvalue weighted by Crippen LogP contribution is 2.33. The minimum Gasteiger partial charge on any atom is -0.376 e. The van der Waals surface area contributed by atoms with E-state index in [1.54, 1.807) is 4.90 Å². The zero-order valence-electron chi connectivity index (χ0n) is 17.5. The average Bonchev–Trinajstić information content (AvgIpc) is 3.39. The number of amides is 1. The summed E-state index contributed by atoms with van der Waals surface area (Å²) in [6.07, 6.45) is 6.13. The number of aryl methyl sites for hydroxylation is 1. The fourth-order valence-corrected chi connectivity index (χ4v) is 6.44. The number of ether oxygens (including phenoxy) is 1. The van der Waals surface area contributed by atoms with Crippen molar-refractivity contribution in [3.05, 3.63) is 23.8 Å². The molecule has 30 heavy (non-hydrogen) atoms. The molecular formula is C21H29N3O4S2. The maximum Gasteiger partial charge on any atom is 0.247 e. The van der Waals surface area contributed by atoms with E-state index in [1.165, 1.54) is 27.5 Å². The minimum absolute atomic E-state index is 0.0394. The monoisotopic (exact) mass is 451 g/mol. The Morgan fingerprint density at radius 3 is 2.83 bits per heavy atom. The van der Waals surface area contributed by atoms with Gasteiger partial charge < -0.3 is 4.74 Å². The summed E-state index contributed by atoms with van der Waals surface area (Å²) in [5, 5.41) is 0.623. The lowest BCUT2D eigenvalue weighted by molar-refractivity contribution is -0.123. The van der Waals surface area contributed by atoms with E-state index in [9.17, 15) is 13.2 Å². The maximum absolute atomic E-state index is 13.7. The van der Waals surface area contributed by atoms with Crippen molar-refractivity contribution in [2.45, 2.75) is 57.6 Å². The van der Waals surface area contributed by atoms with E-state index in [2.05, 4.69) is 19.1 Å². The summed E-state index contributed by atoms with van der Waals surface area (Å²) in [5.41, 5.74) is 2.09. The fourth-order valence-electron chi connectivity index (χ4n) is 4.28. The molecule has 0 aliphatic carbocycles. The van der Waals surface area contributed by atoms with Gasteiger partial charge in [0.15, 0.2) is 5.13 Å². The number of carbonyl (C=O) groups is 1. The summed E-state index contributed by atoms with van der Waals surface area (Å²) in [6, 6.07) is 5.50. The smallest absolute Gasteiger partial charge is 0.247 e. The molecule has 2 saturated heterocycles. The van der Waals surface area contributed by atoms with Gasteiger partial charge in [0.1, 0.15) is 6.04 Å². The fraction of sp³-hybridized carbons (Fsp3) is 0.619. The molecule has 2 fully saturated rings. The Morgan fingerprint density at radius 1 is 1.30 bits per heavy atom. The van der Waals surface area contributed by atoms with Crippen molar-refractivity contribution in [1.29, 1.82) is 0 Å². The van der Waals surface area contributed by atoms with Crippen LogP contribution < -0.4 is 4.90 Å². The molecule has 1 aromatic heterocycles. The number of nitrogens with zero attached hydrogens (tertiary/aromatic N) is 3. The van der Waals surface area contributed by atoms with E-state index in [0.29, 0.717) is 31.2 Å². The highest BCUT2D eigenvalue weighted by atomic mass is 32.2. The van der Waals surface area contributed by atoms with Crippen LogP contribution in [0.3, 0.4) is 0 Å². The van der Waals surface area contributed by atoms with Crippen LogP contribution in [0, 0.1) is 0 Å². The lowest BCUT2D eigenvalue weighted by atomic mass is 10.0. The number of benzene rings is 1. The maximum atomic E-state index is 13.7. The topological polar surface area (TPSA) is 79.8 Å². The van der Waals surface area contributed by atoms with Crippen LogP contribution >= 0.6 is 11.3 Å². The van der Waals surface area contributed by atoms with Crippen molar-refractivity contribution < 1.29 is 17.9 Å². The molecule has 0 bridgehead atoms. The molecule has 1 aromatic carbocycles. The van der Waals surface area contributed by atoms with Crippen molar-refractivity contribution >= 4 is 42.6 Å². The minimum atomic E-state index is -3.46. The zero-order valence-corrected chi connectivity index (χ0v) is 19.2. The lowest BCUT2D eigenvalue weighted by Gasteiger charge is -2.35. The molecule has 0 unspecified atom stereocenters. The van der Waals surface area contributed by atoms with Crippen LogP contribution in [0.15, 0.2) is 18.2 Å². The standard InChI is InChI=1S/C21H29N3O4S2/c1-3-15-9-10-17-19(13-15)29-21(22-17)23(14-16-7-6-12-28-16)20(25)18-8-4-5-11-24(18)30(2,26)27/h9-10,13,16,18H,3-8,11-12,14H2,1-2H3/t16-,18-/m0/s1. The molecule has 3 heterocycles. The molecule has 0 spiro atoms. The first-order valence-corrected chi connectivity index (χ1v) is 13.3. The number of fused-ring (bicyclic) bond motifs is 1. The Hall–Kier alpha value is -1.55. The largest absolute Gasteiger partial charge is 0.376 e. The number of rotatable bonds is 6. The number of anilines is 1. The first-order chi connectivity index (χ1) is 14.4. The van der Waals surface area contributed by atoms with Gasteiger partial charge in [-0.25, -0.2) is 13.4 Å². The second kappa shape index (κ2) is 8.90. The van der Waals surface area contributed by atoms with Gasteiger partial charge in [0, 0.05) is 13.2 Å². The van der Waals surface area contributed by atoms with Gasteiger partial charge in [0.2, 0.25) is 15.9 Å². The van der Waals surface area contributed by atoms with Gasteiger partial charge in [-0.1, -0.05) is 30.7 Å². The van der Waals surface area contributed by atoms with Crippen molar-refractivity contribution in [1.82, 2.24) is 9.29 Å². The molecule has 0 radical (unpaired) electrons. The molecule has 0 N–H and O–H groups in total. The third kappa shape index (κ3) is 4.54. The zero-order chi connectivity index (χ0) is 21.3. The van der Waals surface area contributed by atoms with Gasteiger partial charge in [-0.15, -0.1) is 0 Å². The first-order valence-electron chi connectivity index (χ1n) is 10.7. The number of hydrogen-bond donors (Lipinski definition) is 0. The summed E-state index contributed by atoms with van der Waals surface area (Å²) in [6.45, 7) is 3.61. The second-order valence-corrected chi connectivity index (χ2v) is 11.1.